The fourth-order valence-corrected chi connectivity index (χ4v) is 1.59. The van der Waals surface area contributed by atoms with Gasteiger partial charge < -0.3 is 0 Å². The zero-order valence-corrected chi connectivity index (χ0v) is 9.35. The molecule has 74 valence electrons. The Morgan fingerprint density at radius 2 is 1.86 bits per heavy atom. The van der Waals surface area contributed by atoms with Gasteiger partial charge in [0.1, 0.15) is 0 Å². The maximum absolute atomic E-state index is 3.98. The second kappa shape index (κ2) is 4.28. The Labute approximate surface area is 87.0 Å². The highest BCUT2D eigenvalue weighted by atomic mass is 14.1. The molecule has 0 saturated heterocycles. The molecule has 0 spiro atoms. The summed E-state index contributed by atoms with van der Waals surface area (Å²) in [5.74, 6) is 0. The Hall–Kier alpha value is -1.30. The van der Waals surface area contributed by atoms with Crippen LogP contribution in [0.1, 0.15) is 30.5 Å². The molecule has 0 N–H and O–H groups in total. The molecule has 0 unspecified atom stereocenters. The second-order valence-corrected chi connectivity index (χ2v) is 4.06. The van der Waals surface area contributed by atoms with E-state index >= 15 is 0 Å². The highest BCUT2D eigenvalue weighted by Crippen LogP contribution is 2.19. The predicted molar refractivity (Wildman–Crippen MR) is 64.4 cm³/mol. The quantitative estimate of drug-likeness (QED) is 0.622. The Kier molecular flexibility index (Phi) is 3.29. The van der Waals surface area contributed by atoms with Gasteiger partial charge in [-0.1, -0.05) is 42.5 Å². The third-order valence-electron chi connectivity index (χ3n) is 2.27. The summed E-state index contributed by atoms with van der Waals surface area (Å²) in [7, 11) is 0. The average molecular weight is 186 g/mol. The highest BCUT2D eigenvalue weighted by Gasteiger charge is 2.01. The van der Waals surface area contributed by atoms with Gasteiger partial charge in [-0.2, -0.15) is 0 Å². The van der Waals surface area contributed by atoms with E-state index in [1.807, 2.05) is 6.92 Å². The van der Waals surface area contributed by atoms with E-state index in [9.17, 15) is 0 Å². The molecular weight excluding hydrogens is 168 g/mol. The minimum atomic E-state index is 0.959. The van der Waals surface area contributed by atoms with Crippen LogP contribution in [0.5, 0.6) is 0 Å². The minimum Gasteiger partial charge on any atom is -0.0998 e. The van der Waals surface area contributed by atoms with Crippen molar-refractivity contribution >= 4 is 5.57 Å². The highest BCUT2D eigenvalue weighted by molar-refractivity contribution is 5.65. The van der Waals surface area contributed by atoms with Crippen LogP contribution in [0.25, 0.3) is 5.57 Å². The lowest BCUT2D eigenvalue weighted by atomic mass is 9.97. The van der Waals surface area contributed by atoms with Crippen molar-refractivity contribution in [3.63, 3.8) is 0 Å². The number of allylic oxidation sites excluding steroid dienone is 2. The molecule has 0 heteroatoms. The van der Waals surface area contributed by atoms with Crippen molar-refractivity contribution in [1.82, 2.24) is 0 Å². The molecule has 0 radical (unpaired) electrons. The van der Waals surface area contributed by atoms with E-state index in [4.69, 9.17) is 0 Å². The Bertz CT molecular complexity index is 370. The van der Waals surface area contributed by atoms with Gasteiger partial charge in [-0.25, -0.2) is 0 Å². The van der Waals surface area contributed by atoms with Crippen LogP contribution in [0, 0.1) is 6.92 Å². The summed E-state index contributed by atoms with van der Waals surface area (Å²) in [5.41, 5.74) is 6.21. The van der Waals surface area contributed by atoms with E-state index in [1.54, 1.807) is 0 Å². The standard InChI is InChI=1S/C14H18/c1-10(2)8-13-7-6-12(5)14(9-13)11(3)4/h6-7,9H,1,3,8H2,2,4-5H3. The van der Waals surface area contributed by atoms with Crippen LogP contribution in [-0.4, -0.2) is 0 Å². The van der Waals surface area contributed by atoms with Gasteiger partial charge in [-0.3, -0.25) is 0 Å². The first kappa shape index (κ1) is 10.8. The van der Waals surface area contributed by atoms with Gasteiger partial charge in [0.25, 0.3) is 0 Å². The molecule has 0 aliphatic heterocycles. The zero-order valence-electron chi connectivity index (χ0n) is 9.35. The van der Waals surface area contributed by atoms with Crippen LogP contribution < -0.4 is 0 Å². The predicted octanol–water partition coefficient (Wildman–Crippen LogP) is 4.15. The van der Waals surface area contributed by atoms with E-state index in [0.29, 0.717) is 0 Å². The summed E-state index contributed by atoms with van der Waals surface area (Å²) in [6.07, 6.45) is 0.959. The summed E-state index contributed by atoms with van der Waals surface area (Å²) in [6.45, 7) is 14.1. The topological polar surface area (TPSA) is 0 Å². The number of aryl methyl sites for hydroxylation is 1. The molecule has 0 fully saturated rings. The maximum Gasteiger partial charge on any atom is -0.00724 e. The van der Waals surface area contributed by atoms with Crippen molar-refractivity contribution in [2.24, 2.45) is 0 Å². The van der Waals surface area contributed by atoms with Gasteiger partial charge in [0.15, 0.2) is 0 Å². The molecule has 1 aromatic rings. The summed E-state index contributed by atoms with van der Waals surface area (Å²) in [6, 6.07) is 6.53. The summed E-state index contributed by atoms with van der Waals surface area (Å²) < 4.78 is 0. The normalized spacial score (nSPS) is 9.93. The fourth-order valence-electron chi connectivity index (χ4n) is 1.59. The lowest BCUT2D eigenvalue weighted by molar-refractivity contribution is 1.15. The van der Waals surface area contributed by atoms with Crippen LogP contribution in [0.4, 0.5) is 0 Å². The molecule has 0 heterocycles. The lowest BCUT2D eigenvalue weighted by Crippen LogP contribution is -1.91. The first-order valence-corrected chi connectivity index (χ1v) is 4.90. The molecule has 1 aromatic carbocycles. The average Bonchev–Trinajstić information content (AvgIpc) is 2.07. The van der Waals surface area contributed by atoms with E-state index in [0.717, 1.165) is 12.0 Å². The molecule has 0 atom stereocenters. The largest absolute Gasteiger partial charge is 0.0998 e. The molecule has 0 aliphatic carbocycles. The molecule has 0 aromatic heterocycles. The van der Waals surface area contributed by atoms with Crippen molar-refractivity contribution in [2.75, 3.05) is 0 Å². The first-order valence-electron chi connectivity index (χ1n) is 4.90. The summed E-state index contributed by atoms with van der Waals surface area (Å²) in [5, 5.41) is 0. The van der Waals surface area contributed by atoms with Crippen molar-refractivity contribution < 1.29 is 0 Å². The maximum atomic E-state index is 3.98. The van der Waals surface area contributed by atoms with Crippen molar-refractivity contribution in [2.45, 2.75) is 27.2 Å². The molecule has 14 heavy (non-hydrogen) atoms. The smallest absolute Gasteiger partial charge is 0.00724 e. The van der Waals surface area contributed by atoms with E-state index in [1.165, 1.54) is 22.3 Å². The van der Waals surface area contributed by atoms with Crippen molar-refractivity contribution in [1.29, 1.82) is 0 Å². The van der Waals surface area contributed by atoms with Crippen molar-refractivity contribution in [3.8, 4) is 0 Å². The Morgan fingerprint density at radius 3 is 2.36 bits per heavy atom. The molecule has 0 bridgehead atoms. The van der Waals surface area contributed by atoms with Crippen LogP contribution in [-0.2, 0) is 6.42 Å². The van der Waals surface area contributed by atoms with Gasteiger partial charge in [0, 0.05) is 0 Å². The summed E-state index contributed by atoms with van der Waals surface area (Å²) >= 11 is 0. The molecule has 0 amide bonds. The van der Waals surface area contributed by atoms with Gasteiger partial charge in [-0.05, 0) is 43.9 Å². The van der Waals surface area contributed by atoms with Crippen LogP contribution in [0.2, 0.25) is 0 Å². The van der Waals surface area contributed by atoms with Gasteiger partial charge in [0.05, 0.1) is 0 Å². The SMILES string of the molecule is C=C(C)Cc1ccc(C)c(C(=C)C)c1. The number of rotatable bonds is 3. The molecular formula is C14H18. The molecule has 0 saturated carbocycles. The van der Waals surface area contributed by atoms with Crippen LogP contribution in [0.3, 0.4) is 0 Å². The fraction of sp³-hybridized carbons (Fsp3) is 0.286. The van der Waals surface area contributed by atoms with E-state index in [2.05, 4.69) is 45.2 Å². The number of hydrogen-bond donors (Lipinski definition) is 0. The van der Waals surface area contributed by atoms with Gasteiger partial charge in [0.2, 0.25) is 0 Å². The van der Waals surface area contributed by atoms with E-state index in [-0.39, 0.29) is 0 Å². The lowest BCUT2D eigenvalue weighted by Gasteiger charge is -2.08. The second-order valence-electron chi connectivity index (χ2n) is 4.06. The molecule has 1 rings (SSSR count). The first-order chi connectivity index (χ1) is 6.50. The molecule has 0 nitrogen and oxygen atoms in total. The zero-order chi connectivity index (χ0) is 10.7. The number of hydrogen-bond acceptors (Lipinski definition) is 0. The van der Waals surface area contributed by atoms with Crippen LogP contribution in [0.15, 0.2) is 36.9 Å². The monoisotopic (exact) mass is 186 g/mol. The van der Waals surface area contributed by atoms with Crippen LogP contribution >= 0.6 is 0 Å². The third-order valence-corrected chi connectivity index (χ3v) is 2.27. The number of benzene rings is 1. The van der Waals surface area contributed by atoms with E-state index < -0.39 is 0 Å². The Balaban J connectivity index is 3.06. The van der Waals surface area contributed by atoms with Gasteiger partial charge >= 0.3 is 0 Å². The van der Waals surface area contributed by atoms with Gasteiger partial charge in [-0.15, -0.1) is 0 Å². The molecule has 0 aliphatic rings. The Morgan fingerprint density at radius 1 is 1.21 bits per heavy atom. The third kappa shape index (κ3) is 2.59. The summed E-state index contributed by atoms with van der Waals surface area (Å²) in [4.78, 5) is 0. The van der Waals surface area contributed by atoms with Crippen molar-refractivity contribution in [3.05, 3.63) is 53.6 Å². The minimum absolute atomic E-state index is 0.959.